The van der Waals surface area contributed by atoms with Crippen molar-refractivity contribution in [2.24, 2.45) is 0 Å². The molecule has 2 rings (SSSR count). The molecule has 1 heterocycles. The molecule has 0 aliphatic carbocycles. The van der Waals surface area contributed by atoms with Crippen LogP contribution in [0.2, 0.25) is 0 Å². The molecule has 0 spiro atoms. The second-order valence-electron chi connectivity index (χ2n) is 4.51. The first-order valence-electron chi connectivity index (χ1n) is 6.36. The summed E-state index contributed by atoms with van der Waals surface area (Å²) in [5, 5.41) is 8.86. The van der Waals surface area contributed by atoms with E-state index in [1.54, 1.807) is 0 Å². The molecule has 1 saturated heterocycles. The zero-order valence-electron chi connectivity index (χ0n) is 10.4. The predicted molar refractivity (Wildman–Crippen MR) is 68.4 cm³/mol. The van der Waals surface area contributed by atoms with Crippen LogP contribution in [0.25, 0.3) is 0 Å². The fourth-order valence-electron chi connectivity index (χ4n) is 2.38. The summed E-state index contributed by atoms with van der Waals surface area (Å²) in [4.78, 5) is 13.1. The van der Waals surface area contributed by atoms with Gasteiger partial charge in [-0.05, 0) is 12.0 Å². The molecular formula is C14H19NO3. The minimum Gasteiger partial charge on any atom is -0.481 e. The van der Waals surface area contributed by atoms with Gasteiger partial charge in [0.2, 0.25) is 0 Å². The van der Waals surface area contributed by atoms with Crippen LogP contribution in [0.3, 0.4) is 0 Å². The Balaban J connectivity index is 2.08. The second kappa shape index (κ2) is 6.52. The number of aliphatic carboxylic acids is 1. The Hall–Kier alpha value is -1.39. The van der Waals surface area contributed by atoms with Crippen LogP contribution >= 0.6 is 0 Å². The molecule has 1 aromatic carbocycles. The van der Waals surface area contributed by atoms with Gasteiger partial charge in [-0.2, -0.15) is 0 Å². The van der Waals surface area contributed by atoms with Crippen LogP contribution in [0.1, 0.15) is 24.4 Å². The first-order valence-corrected chi connectivity index (χ1v) is 6.36. The molecule has 0 amide bonds. The van der Waals surface area contributed by atoms with Gasteiger partial charge in [-0.1, -0.05) is 30.3 Å². The molecule has 1 aromatic rings. The van der Waals surface area contributed by atoms with Crippen molar-refractivity contribution < 1.29 is 14.6 Å². The minimum absolute atomic E-state index is 0.186. The van der Waals surface area contributed by atoms with E-state index < -0.39 is 5.97 Å². The van der Waals surface area contributed by atoms with Crippen molar-refractivity contribution in [1.82, 2.24) is 4.90 Å². The highest BCUT2D eigenvalue weighted by molar-refractivity contribution is 5.66. The number of hydrogen-bond acceptors (Lipinski definition) is 3. The molecular weight excluding hydrogens is 230 g/mol. The van der Waals surface area contributed by atoms with Gasteiger partial charge in [0.05, 0.1) is 13.2 Å². The molecule has 1 unspecified atom stereocenters. The molecule has 4 heteroatoms. The van der Waals surface area contributed by atoms with Crippen LogP contribution in [0, 0.1) is 0 Å². The first kappa shape index (κ1) is 13.1. The topological polar surface area (TPSA) is 49.8 Å². The van der Waals surface area contributed by atoms with E-state index in [9.17, 15) is 4.79 Å². The molecule has 0 aromatic heterocycles. The third-order valence-electron chi connectivity index (χ3n) is 3.30. The van der Waals surface area contributed by atoms with Crippen molar-refractivity contribution >= 4 is 5.97 Å². The number of nitrogens with zero attached hydrogens (tertiary/aromatic N) is 1. The quantitative estimate of drug-likeness (QED) is 0.866. The lowest BCUT2D eigenvalue weighted by molar-refractivity contribution is -0.137. The van der Waals surface area contributed by atoms with Gasteiger partial charge < -0.3 is 9.84 Å². The van der Waals surface area contributed by atoms with E-state index in [4.69, 9.17) is 9.84 Å². The summed E-state index contributed by atoms with van der Waals surface area (Å²) in [6.07, 6.45) is 0.857. The Morgan fingerprint density at radius 1 is 1.28 bits per heavy atom. The van der Waals surface area contributed by atoms with E-state index in [2.05, 4.69) is 17.0 Å². The maximum absolute atomic E-state index is 10.8. The zero-order chi connectivity index (χ0) is 12.8. The van der Waals surface area contributed by atoms with Gasteiger partial charge in [0.25, 0.3) is 0 Å². The summed E-state index contributed by atoms with van der Waals surface area (Å²) < 4.78 is 5.35. The highest BCUT2D eigenvalue weighted by Gasteiger charge is 2.22. The van der Waals surface area contributed by atoms with E-state index in [1.807, 2.05) is 18.2 Å². The molecule has 1 N–H and O–H groups in total. The van der Waals surface area contributed by atoms with E-state index in [0.717, 1.165) is 26.3 Å². The average molecular weight is 249 g/mol. The molecule has 0 bridgehead atoms. The van der Waals surface area contributed by atoms with Gasteiger partial charge in [0, 0.05) is 25.6 Å². The number of ether oxygens (including phenoxy) is 1. The highest BCUT2D eigenvalue weighted by atomic mass is 16.5. The van der Waals surface area contributed by atoms with Crippen molar-refractivity contribution in [3.63, 3.8) is 0 Å². The third kappa shape index (κ3) is 3.55. The maximum atomic E-state index is 10.8. The SMILES string of the molecule is O=C(O)CCC(c1ccccc1)N1CCOCC1. The molecule has 0 radical (unpaired) electrons. The second-order valence-corrected chi connectivity index (χ2v) is 4.51. The Morgan fingerprint density at radius 3 is 2.56 bits per heavy atom. The smallest absolute Gasteiger partial charge is 0.303 e. The lowest BCUT2D eigenvalue weighted by Crippen LogP contribution is -2.39. The Morgan fingerprint density at radius 2 is 1.94 bits per heavy atom. The van der Waals surface area contributed by atoms with Crippen LogP contribution in [0.5, 0.6) is 0 Å². The van der Waals surface area contributed by atoms with Gasteiger partial charge in [-0.25, -0.2) is 0 Å². The first-order chi connectivity index (χ1) is 8.77. The number of hydrogen-bond donors (Lipinski definition) is 1. The number of carbonyl (C=O) groups is 1. The Labute approximate surface area is 107 Å². The highest BCUT2D eigenvalue weighted by Crippen LogP contribution is 2.26. The summed E-state index contributed by atoms with van der Waals surface area (Å²) >= 11 is 0. The fourth-order valence-corrected chi connectivity index (χ4v) is 2.38. The average Bonchev–Trinajstić information content (AvgIpc) is 2.41. The summed E-state index contributed by atoms with van der Waals surface area (Å²) in [5.41, 5.74) is 1.20. The van der Waals surface area contributed by atoms with E-state index in [0.29, 0.717) is 6.42 Å². The standard InChI is InChI=1S/C14H19NO3/c16-14(17)7-6-13(12-4-2-1-3-5-12)15-8-10-18-11-9-15/h1-5,13H,6-11H2,(H,16,17). The van der Waals surface area contributed by atoms with Gasteiger partial charge in [-0.15, -0.1) is 0 Å². The Kier molecular flexibility index (Phi) is 4.73. The molecule has 1 atom stereocenters. The van der Waals surface area contributed by atoms with Crippen molar-refractivity contribution in [3.05, 3.63) is 35.9 Å². The number of carboxylic acids is 1. The number of benzene rings is 1. The van der Waals surface area contributed by atoms with E-state index in [1.165, 1.54) is 5.56 Å². The summed E-state index contributed by atoms with van der Waals surface area (Å²) in [6.45, 7) is 3.21. The molecule has 1 aliphatic rings. The van der Waals surface area contributed by atoms with Crippen molar-refractivity contribution in [2.75, 3.05) is 26.3 Å². The lowest BCUT2D eigenvalue weighted by atomic mass is 10.00. The van der Waals surface area contributed by atoms with Crippen LogP contribution in [-0.4, -0.2) is 42.3 Å². The Bertz CT molecular complexity index is 374. The summed E-state index contributed by atoms with van der Waals surface area (Å²) in [6, 6.07) is 10.3. The molecule has 98 valence electrons. The monoisotopic (exact) mass is 249 g/mol. The summed E-state index contributed by atoms with van der Waals surface area (Å²) in [5.74, 6) is -0.732. The van der Waals surface area contributed by atoms with Crippen molar-refractivity contribution in [1.29, 1.82) is 0 Å². The van der Waals surface area contributed by atoms with E-state index >= 15 is 0 Å². The van der Waals surface area contributed by atoms with Crippen LogP contribution in [-0.2, 0) is 9.53 Å². The molecule has 1 fully saturated rings. The number of carboxylic acid groups (broad SMARTS) is 1. The van der Waals surface area contributed by atoms with Crippen molar-refractivity contribution in [3.8, 4) is 0 Å². The van der Waals surface area contributed by atoms with Crippen molar-refractivity contribution in [2.45, 2.75) is 18.9 Å². The van der Waals surface area contributed by atoms with Gasteiger partial charge >= 0.3 is 5.97 Å². The maximum Gasteiger partial charge on any atom is 0.303 e. The fraction of sp³-hybridized carbons (Fsp3) is 0.500. The number of rotatable bonds is 5. The third-order valence-corrected chi connectivity index (χ3v) is 3.30. The summed E-state index contributed by atoms with van der Waals surface area (Å²) in [7, 11) is 0. The largest absolute Gasteiger partial charge is 0.481 e. The molecule has 4 nitrogen and oxygen atoms in total. The van der Waals surface area contributed by atoms with Gasteiger partial charge in [0.1, 0.15) is 0 Å². The normalized spacial score (nSPS) is 18.4. The van der Waals surface area contributed by atoms with Crippen LogP contribution < -0.4 is 0 Å². The molecule has 18 heavy (non-hydrogen) atoms. The van der Waals surface area contributed by atoms with Crippen LogP contribution in [0.15, 0.2) is 30.3 Å². The molecule has 0 saturated carbocycles. The van der Waals surface area contributed by atoms with Crippen LogP contribution in [0.4, 0.5) is 0 Å². The lowest BCUT2D eigenvalue weighted by Gasteiger charge is -2.34. The minimum atomic E-state index is -0.732. The van der Waals surface area contributed by atoms with Gasteiger partial charge in [-0.3, -0.25) is 9.69 Å². The number of morpholine rings is 1. The zero-order valence-corrected chi connectivity index (χ0v) is 10.4. The van der Waals surface area contributed by atoms with Gasteiger partial charge in [0.15, 0.2) is 0 Å². The van der Waals surface area contributed by atoms with E-state index in [-0.39, 0.29) is 12.5 Å². The predicted octanol–water partition coefficient (Wildman–Crippen LogP) is 1.92. The molecule has 1 aliphatic heterocycles.